The highest BCUT2D eigenvalue weighted by Gasteiger charge is 2.60. The number of rotatable bonds is 4. The van der Waals surface area contributed by atoms with Crippen molar-refractivity contribution in [3.63, 3.8) is 0 Å². The van der Waals surface area contributed by atoms with Crippen LogP contribution in [0.15, 0.2) is 0 Å². The minimum Gasteiger partial charge on any atom is -0.381 e. The molecule has 1 N–H and O–H groups in total. The van der Waals surface area contributed by atoms with E-state index in [0.717, 1.165) is 32.1 Å². The van der Waals surface area contributed by atoms with Crippen LogP contribution in [-0.2, 0) is 14.8 Å². The van der Waals surface area contributed by atoms with Gasteiger partial charge in [-0.25, -0.2) is 13.1 Å². The highest BCUT2D eigenvalue weighted by molar-refractivity contribution is 7.90. The largest absolute Gasteiger partial charge is 0.381 e. The van der Waals surface area contributed by atoms with Crippen LogP contribution < -0.4 is 4.72 Å². The Morgan fingerprint density at radius 2 is 2.00 bits per heavy atom. The zero-order valence-corrected chi connectivity index (χ0v) is 10.4. The van der Waals surface area contributed by atoms with Gasteiger partial charge in [0.1, 0.15) is 0 Å². The summed E-state index contributed by atoms with van der Waals surface area (Å²) < 4.78 is 32.1. The van der Waals surface area contributed by atoms with Crippen LogP contribution in [0.25, 0.3) is 0 Å². The molecule has 0 radical (unpaired) electrons. The van der Waals surface area contributed by atoms with E-state index in [1.807, 2.05) is 0 Å². The number of sulfonamides is 1. The molecule has 1 spiro atoms. The van der Waals surface area contributed by atoms with Crippen molar-refractivity contribution < 1.29 is 13.2 Å². The summed E-state index contributed by atoms with van der Waals surface area (Å²) in [6.07, 6.45) is 6.23. The van der Waals surface area contributed by atoms with Crippen LogP contribution in [-0.4, -0.2) is 32.9 Å². The first kappa shape index (κ1) is 11.0. The van der Waals surface area contributed by atoms with Gasteiger partial charge in [-0.2, -0.15) is 0 Å². The van der Waals surface area contributed by atoms with Gasteiger partial charge >= 0.3 is 0 Å². The molecular formula is C11H19NO3S. The SMILES string of the molecule is CO[C@H]1C[C@@H](NS(=O)(=O)C2CC2)C12CCC2. The molecule has 0 saturated heterocycles. The Balaban J connectivity index is 1.68. The van der Waals surface area contributed by atoms with E-state index in [1.165, 1.54) is 6.42 Å². The number of nitrogens with one attached hydrogen (secondary N) is 1. The third-order valence-corrected chi connectivity index (χ3v) is 6.59. The van der Waals surface area contributed by atoms with Gasteiger partial charge in [0.05, 0.1) is 11.4 Å². The molecular weight excluding hydrogens is 226 g/mol. The van der Waals surface area contributed by atoms with Crippen molar-refractivity contribution in [3.05, 3.63) is 0 Å². The minimum absolute atomic E-state index is 0.105. The number of hydrogen-bond donors (Lipinski definition) is 1. The number of ether oxygens (including phenoxy) is 1. The predicted molar refractivity (Wildman–Crippen MR) is 60.6 cm³/mol. The fraction of sp³-hybridized carbons (Fsp3) is 1.00. The Kier molecular flexibility index (Phi) is 2.36. The predicted octanol–water partition coefficient (Wildman–Crippen LogP) is 1.03. The Labute approximate surface area is 96.8 Å². The van der Waals surface area contributed by atoms with Gasteiger partial charge in [0.15, 0.2) is 0 Å². The van der Waals surface area contributed by atoms with E-state index in [1.54, 1.807) is 7.11 Å². The van der Waals surface area contributed by atoms with E-state index in [-0.39, 0.29) is 22.8 Å². The molecule has 0 aliphatic heterocycles. The lowest BCUT2D eigenvalue weighted by atomic mass is 9.51. The molecule has 0 amide bonds. The van der Waals surface area contributed by atoms with Crippen LogP contribution in [0.1, 0.15) is 38.5 Å². The van der Waals surface area contributed by atoms with Crippen molar-refractivity contribution in [1.29, 1.82) is 0 Å². The van der Waals surface area contributed by atoms with E-state index in [4.69, 9.17) is 4.74 Å². The topological polar surface area (TPSA) is 55.4 Å². The molecule has 3 saturated carbocycles. The second-order valence-corrected chi connectivity index (χ2v) is 7.45. The third kappa shape index (κ3) is 1.45. The Hall–Kier alpha value is -0.130. The van der Waals surface area contributed by atoms with Crippen molar-refractivity contribution in [1.82, 2.24) is 4.72 Å². The fourth-order valence-electron chi connectivity index (χ4n) is 3.17. The van der Waals surface area contributed by atoms with Crippen molar-refractivity contribution in [3.8, 4) is 0 Å². The molecule has 5 heteroatoms. The van der Waals surface area contributed by atoms with Gasteiger partial charge in [-0.15, -0.1) is 0 Å². The number of hydrogen-bond acceptors (Lipinski definition) is 3. The molecule has 0 aromatic rings. The Morgan fingerprint density at radius 3 is 2.44 bits per heavy atom. The lowest BCUT2D eigenvalue weighted by molar-refractivity contribution is -0.155. The molecule has 3 aliphatic rings. The summed E-state index contributed by atoms with van der Waals surface area (Å²) in [6, 6.07) is 0.136. The molecule has 3 fully saturated rings. The average molecular weight is 245 g/mol. The molecule has 3 rings (SSSR count). The van der Waals surface area contributed by atoms with Crippen LogP contribution >= 0.6 is 0 Å². The average Bonchev–Trinajstić information content (AvgIpc) is 2.91. The summed E-state index contributed by atoms with van der Waals surface area (Å²) >= 11 is 0. The van der Waals surface area contributed by atoms with Gasteiger partial charge in [-0.05, 0) is 32.1 Å². The first-order valence-corrected chi connectivity index (χ1v) is 7.67. The van der Waals surface area contributed by atoms with E-state index in [9.17, 15) is 8.42 Å². The summed E-state index contributed by atoms with van der Waals surface area (Å²) in [4.78, 5) is 0. The molecule has 2 atom stereocenters. The molecule has 0 unspecified atom stereocenters. The third-order valence-electron chi connectivity index (χ3n) is 4.62. The summed E-state index contributed by atoms with van der Waals surface area (Å²) in [6.45, 7) is 0. The second kappa shape index (κ2) is 3.43. The molecule has 0 heterocycles. The maximum atomic E-state index is 11.9. The Bertz CT molecular complexity index is 384. The molecule has 92 valence electrons. The smallest absolute Gasteiger partial charge is 0.214 e. The molecule has 0 bridgehead atoms. The summed E-state index contributed by atoms with van der Waals surface area (Å²) in [5.41, 5.74) is 0.136. The zero-order valence-electron chi connectivity index (χ0n) is 9.61. The maximum Gasteiger partial charge on any atom is 0.214 e. The van der Waals surface area contributed by atoms with Gasteiger partial charge in [0, 0.05) is 18.6 Å². The van der Waals surface area contributed by atoms with Crippen molar-refractivity contribution in [2.75, 3.05) is 7.11 Å². The Morgan fingerprint density at radius 1 is 1.31 bits per heavy atom. The normalized spacial score (nSPS) is 36.8. The molecule has 3 aliphatic carbocycles. The second-order valence-electron chi connectivity index (χ2n) is 5.46. The fourth-order valence-corrected chi connectivity index (χ4v) is 4.85. The van der Waals surface area contributed by atoms with Crippen LogP contribution in [0.2, 0.25) is 0 Å². The van der Waals surface area contributed by atoms with Crippen LogP contribution in [0.3, 0.4) is 0 Å². The van der Waals surface area contributed by atoms with Crippen LogP contribution in [0, 0.1) is 5.41 Å². The quantitative estimate of drug-likeness (QED) is 0.804. The number of methoxy groups -OCH3 is 1. The van der Waals surface area contributed by atoms with Gasteiger partial charge in [-0.1, -0.05) is 6.42 Å². The van der Waals surface area contributed by atoms with Crippen LogP contribution in [0.5, 0.6) is 0 Å². The molecule has 0 aromatic heterocycles. The van der Waals surface area contributed by atoms with Gasteiger partial charge < -0.3 is 4.74 Å². The first-order valence-electron chi connectivity index (χ1n) is 6.12. The van der Waals surface area contributed by atoms with E-state index < -0.39 is 10.0 Å². The highest BCUT2D eigenvalue weighted by Crippen LogP contribution is 2.57. The summed E-state index contributed by atoms with van der Waals surface area (Å²) in [5, 5.41) is -0.105. The first-order chi connectivity index (χ1) is 7.58. The highest BCUT2D eigenvalue weighted by atomic mass is 32.2. The molecule has 0 aromatic carbocycles. The van der Waals surface area contributed by atoms with Crippen molar-refractivity contribution in [2.45, 2.75) is 55.9 Å². The van der Waals surface area contributed by atoms with Gasteiger partial charge in [0.2, 0.25) is 10.0 Å². The zero-order chi connectivity index (χ0) is 11.4. The molecule has 16 heavy (non-hydrogen) atoms. The molecule has 4 nitrogen and oxygen atoms in total. The monoisotopic (exact) mass is 245 g/mol. The lowest BCUT2D eigenvalue weighted by Gasteiger charge is -2.60. The standard InChI is InChI=1S/C11H19NO3S/c1-15-10-7-9(11(10)5-2-6-11)12-16(13,14)8-3-4-8/h8-10,12H,2-7H2,1H3/t9-,10+/m1/s1. The minimum atomic E-state index is -3.03. The summed E-state index contributed by atoms with van der Waals surface area (Å²) in [5.74, 6) is 0. The van der Waals surface area contributed by atoms with Gasteiger partial charge in [-0.3, -0.25) is 0 Å². The van der Waals surface area contributed by atoms with E-state index >= 15 is 0 Å². The van der Waals surface area contributed by atoms with E-state index in [0.29, 0.717) is 0 Å². The summed E-state index contributed by atoms with van der Waals surface area (Å²) in [7, 11) is -1.30. The maximum absolute atomic E-state index is 11.9. The lowest BCUT2D eigenvalue weighted by Crippen LogP contribution is -2.67. The van der Waals surface area contributed by atoms with Crippen LogP contribution in [0.4, 0.5) is 0 Å². The van der Waals surface area contributed by atoms with Gasteiger partial charge in [0.25, 0.3) is 0 Å². The van der Waals surface area contributed by atoms with E-state index in [2.05, 4.69) is 4.72 Å². The van der Waals surface area contributed by atoms with Crippen molar-refractivity contribution >= 4 is 10.0 Å². The van der Waals surface area contributed by atoms with Crippen molar-refractivity contribution in [2.24, 2.45) is 5.41 Å².